The Morgan fingerprint density at radius 2 is 1.70 bits per heavy atom. The molecule has 216 valence electrons. The largest absolute Gasteiger partial charge is 0.492 e. The third kappa shape index (κ3) is 6.69. The number of piperidine rings is 1. The van der Waals surface area contributed by atoms with E-state index >= 15 is 0 Å². The minimum atomic E-state index is -5.08. The quantitative estimate of drug-likeness (QED) is 0.463. The van der Waals surface area contributed by atoms with Crippen LogP contribution in [-0.2, 0) is 21.6 Å². The van der Waals surface area contributed by atoms with Gasteiger partial charge in [0.25, 0.3) is 0 Å². The number of carboxylic acid groups (broad SMARTS) is 2. The number of benzene rings is 2. The lowest BCUT2D eigenvalue weighted by Crippen LogP contribution is -2.44. The normalized spacial score (nSPS) is 19.4. The van der Waals surface area contributed by atoms with Gasteiger partial charge in [-0.1, -0.05) is 48.8 Å². The summed E-state index contributed by atoms with van der Waals surface area (Å²) in [6.07, 6.45) is -1.53. The van der Waals surface area contributed by atoms with E-state index in [9.17, 15) is 18.0 Å². The molecule has 2 N–H and O–H groups in total. The van der Waals surface area contributed by atoms with Crippen molar-refractivity contribution < 1.29 is 42.5 Å². The van der Waals surface area contributed by atoms with Crippen molar-refractivity contribution in [2.75, 3.05) is 19.7 Å². The second kappa shape index (κ2) is 11.3. The number of fused-ring (bicyclic) bond motifs is 1. The molecule has 0 atom stereocenters. The zero-order valence-electron chi connectivity index (χ0n) is 22.1. The van der Waals surface area contributed by atoms with Crippen LogP contribution in [0.1, 0.15) is 66.6 Å². The first-order chi connectivity index (χ1) is 18.7. The van der Waals surface area contributed by atoms with Gasteiger partial charge in [-0.3, -0.25) is 4.90 Å². The smallest absolute Gasteiger partial charge is 0.490 e. The first-order valence-corrected chi connectivity index (χ1v) is 13.1. The summed E-state index contributed by atoms with van der Waals surface area (Å²) in [6.45, 7) is 7.92. The van der Waals surface area contributed by atoms with Gasteiger partial charge in [-0.05, 0) is 41.2 Å². The number of aliphatic carboxylic acids is 1. The first-order valence-electron chi connectivity index (χ1n) is 12.8. The summed E-state index contributed by atoms with van der Waals surface area (Å²) in [4.78, 5) is 28.4. The van der Waals surface area contributed by atoms with Crippen molar-refractivity contribution in [1.29, 1.82) is 0 Å². The topological polar surface area (TPSA) is 109 Å². The highest BCUT2D eigenvalue weighted by Crippen LogP contribution is 2.43. The van der Waals surface area contributed by atoms with Crippen LogP contribution in [0.4, 0.5) is 13.2 Å². The van der Waals surface area contributed by atoms with Crippen LogP contribution in [0, 0.1) is 0 Å². The van der Waals surface area contributed by atoms with Crippen LogP contribution in [0.5, 0.6) is 5.75 Å². The Hall–Kier alpha value is -3.31. The molecule has 0 saturated carbocycles. The van der Waals surface area contributed by atoms with Gasteiger partial charge in [0, 0.05) is 44.5 Å². The molecule has 3 aliphatic rings. The third-order valence-corrected chi connectivity index (χ3v) is 7.81. The van der Waals surface area contributed by atoms with Crippen molar-refractivity contribution in [3.8, 4) is 5.75 Å². The highest BCUT2D eigenvalue weighted by molar-refractivity contribution is 6.32. The van der Waals surface area contributed by atoms with Gasteiger partial charge in [-0.2, -0.15) is 13.2 Å². The van der Waals surface area contributed by atoms with Gasteiger partial charge in [0.05, 0.1) is 22.9 Å². The number of nitrogens with zero attached hydrogens (tertiary/aromatic N) is 2. The van der Waals surface area contributed by atoms with E-state index in [1.54, 1.807) is 12.1 Å². The lowest BCUT2D eigenvalue weighted by Gasteiger charge is -2.38. The Labute approximate surface area is 234 Å². The Bertz CT molecular complexity index is 1300. The molecule has 0 aromatic heterocycles. The van der Waals surface area contributed by atoms with Gasteiger partial charge in [-0.25, -0.2) is 9.59 Å². The minimum absolute atomic E-state index is 0.0628. The highest BCUT2D eigenvalue weighted by Gasteiger charge is 2.42. The molecular weight excluding hydrogens is 553 g/mol. The molecule has 8 nitrogen and oxygen atoms in total. The molecule has 0 amide bonds. The second-order valence-electron chi connectivity index (χ2n) is 10.9. The maximum atomic E-state index is 11.1. The fourth-order valence-corrected chi connectivity index (χ4v) is 5.36. The van der Waals surface area contributed by atoms with Gasteiger partial charge >= 0.3 is 18.1 Å². The summed E-state index contributed by atoms with van der Waals surface area (Å²) in [5.41, 5.74) is 4.32. The molecule has 0 radical (unpaired) electrons. The summed E-state index contributed by atoms with van der Waals surface area (Å²) in [7, 11) is 0. The summed E-state index contributed by atoms with van der Waals surface area (Å²) < 4.78 is 37.6. The molecule has 1 saturated heterocycles. The predicted molar refractivity (Wildman–Crippen MR) is 141 cm³/mol. The number of hydrogen-bond acceptors (Lipinski definition) is 6. The standard InChI is InChI=1S/C26H29ClN2O4.C2HF3O2/c1-25(2)9-12-32-23-20(25)13-17(14-21(23)27)16-29-10-7-26(8-11-29)15-22(28-33-26)18-3-5-19(6-4-18)24(30)31;3-2(4,5)1(6)7/h3-6,13-14H,7-12,15-16H2,1-2H3,(H,30,31);(H,6,7). The summed E-state index contributed by atoms with van der Waals surface area (Å²) >= 11 is 6.58. The minimum Gasteiger partial charge on any atom is -0.492 e. The Balaban J connectivity index is 0.000000470. The van der Waals surface area contributed by atoms with E-state index in [0.29, 0.717) is 11.6 Å². The molecule has 2 aromatic carbocycles. The lowest BCUT2D eigenvalue weighted by molar-refractivity contribution is -0.192. The lowest BCUT2D eigenvalue weighted by atomic mass is 9.79. The van der Waals surface area contributed by atoms with E-state index in [1.165, 1.54) is 11.1 Å². The zero-order chi connectivity index (χ0) is 29.3. The van der Waals surface area contributed by atoms with E-state index in [1.807, 2.05) is 18.2 Å². The molecule has 2 aromatic rings. The van der Waals surface area contributed by atoms with E-state index in [-0.39, 0.29) is 16.6 Å². The van der Waals surface area contributed by atoms with Gasteiger partial charge in [0.2, 0.25) is 0 Å². The molecule has 1 spiro atoms. The molecule has 12 heteroatoms. The number of halogens is 4. The Kier molecular flexibility index (Phi) is 8.37. The fourth-order valence-electron chi connectivity index (χ4n) is 5.06. The van der Waals surface area contributed by atoms with Crippen LogP contribution in [0.2, 0.25) is 5.02 Å². The molecule has 40 heavy (non-hydrogen) atoms. The van der Waals surface area contributed by atoms with Gasteiger partial charge in [-0.15, -0.1) is 0 Å². The molecule has 0 unspecified atom stereocenters. The van der Waals surface area contributed by atoms with E-state index < -0.39 is 18.1 Å². The Morgan fingerprint density at radius 1 is 1.07 bits per heavy atom. The van der Waals surface area contributed by atoms with Gasteiger partial charge < -0.3 is 19.8 Å². The molecule has 0 bridgehead atoms. The van der Waals surface area contributed by atoms with E-state index in [2.05, 4.69) is 30.0 Å². The van der Waals surface area contributed by atoms with E-state index in [0.717, 1.165) is 62.3 Å². The van der Waals surface area contributed by atoms with Crippen molar-refractivity contribution >= 4 is 29.3 Å². The highest BCUT2D eigenvalue weighted by atomic mass is 35.5. The van der Waals surface area contributed by atoms with E-state index in [4.69, 9.17) is 36.2 Å². The average molecular weight is 583 g/mol. The zero-order valence-corrected chi connectivity index (χ0v) is 22.8. The summed E-state index contributed by atoms with van der Waals surface area (Å²) in [5, 5.41) is 21.3. The molecule has 0 aliphatic carbocycles. The van der Waals surface area contributed by atoms with Crippen molar-refractivity contribution in [2.45, 2.75) is 63.3 Å². The number of hydrogen-bond donors (Lipinski definition) is 2. The maximum Gasteiger partial charge on any atom is 0.490 e. The van der Waals surface area contributed by atoms with Crippen LogP contribution in [-0.4, -0.2) is 64.2 Å². The van der Waals surface area contributed by atoms with Crippen LogP contribution < -0.4 is 4.74 Å². The fraction of sp³-hybridized carbons (Fsp3) is 0.464. The average Bonchev–Trinajstić information content (AvgIpc) is 3.29. The summed E-state index contributed by atoms with van der Waals surface area (Å²) in [6, 6.07) is 11.2. The predicted octanol–water partition coefficient (Wildman–Crippen LogP) is 5.89. The van der Waals surface area contributed by atoms with Gasteiger partial charge in [0.15, 0.2) is 0 Å². The third-order valence-electron chi connectivity index (χ3n) is 7.53. The number of oxime groups is 1. The molecule has 3 heterocycles. The second-order valence-corrected chi connectivity index (χ2v) is 11.3. The number of alkyl halides is 3. The summed E-state index contributed by atoms with van der Waals surface area (Å²) in [5.74, 6) is -2.84. The van der Waals surface area contributed by atoms with Crippen molar-refractivity contribution in [3.63, 3.8) is 0 Å². The number of aromatic carboxylic acids is 1. The molecule has 3 aliphatic heterocycles. The number of carbonyl (C=O) groups is 2. The molecule has 5 rings (SSSR count). The first kappa shape index (κ1) is 29.7. The van der Waals surface area contributed by atoms with Gasteiger partial charge in [0.1, 0.15) is 11.4 Å². The number of rotatable bonds is 4. The van der Waals surface area contributed by atoms with Crippen molar-refractivity contribution in [1.82, 2.24) is 4.90 Å². The van der Waals surface area contributed by atoms with Crippen LogP contribution in [0.25, 0.3) is 0 Å². The van der Waals surface area contributed by atoms with Crippen LogP contribution >= 0.6 is 11.6 Å². The molecular formula is C28H30ClF3N2O6. The van der Waals surface area contributed by atoms with Crippen LogP contribution in [0.3, 0.4) is 0 Å². The maximum absolute atomic E-state index is 11.1. The molecule has 1 fully saturated rings. The monoisotopic (exact) mass is 582 g/mol. The van der Waals surface area contributed by atoms with Crippen LogP contribution in [0.15, 0.2) is 41.6 Å². The number of carboxylic acids is 2. The number of ether oxygens (including phenoxy) is 1. The number of likely N-dealkylation sites (tertiary alicyclic amines) is 1. The van der Waals surface area contributed by atoms with Crippen molar-refractivity contribution in [3.05, 3.63) is 63.7 Å². The Morgan fingerprint density at radius 3 is 2.27 bits per heavy atom. The van der Waals surface area contributed by atoms with Crippen molar-refractivity contribution in [2.24, 2.45) is 5.16 Å². The SMILES string of the molecule is CC1(C)CCOc2c(Cl)cc(CN3CCC4(CC3)CC(c3ccc(C(=O)O)cc3)=NO4)cc21.O=C(O)C(F)(F)F.